The average Bonchev–Trinajstić information content (AvgIpc) is 3.84. The van der Waals surface area contributed by atoms with Crippen molar-refractivity contribution in [3.05, 3.63) is 124 Å². The number of carbonyl (C=O) groups excluding carboxylic acids is 3. The summed E-state index contributed by atoms with van der Waals surface area (Å²) in [5.74, 6) is 0.140. The number of anilines is 4. The third kappa shape index (κ3) is 6.13. The second-order valence-electron chi connectivity index (χ2n) is 12.5. The van der Waals surface area contributed by atoms with Crippen LogP contribution in [0.2, 0.25) is 0 Å². The maximum absolute atomic E-state index is 13.7. The van der Waals surface area contributed by atoms with Crippen molar-refractivity contribution in [2.75, 3.05) is 29.8 Å². The Morgan fingerprint density at radius 2 is 1.79 bits per heavy atom. The fourth-order valence-electron chi connectivity index (χ4n) is 6.63. The Morgan fingerprint density at radius 1 is 0.923 bits per heavy atom. The van der Waals surface area contributed by atoms with Gasteiger partial charge in [-0.3, -0.25) is 19.5 Å². The van der Waals surface area contributed by atoms with E-state index in [0.717, 1.165) is 44.7 Å². The van der Waals surface area contributed by atoms with Crippen LogP contribution >= 0.6 is 11.3 Å². The number of amides is 2. The summed E-state index contributed by atoms with van der Waals surface area (Å²) in [6.45, 7) is 0.239. The number of methoxy groups -OCH3 is 2. The van der Waals surface area contributed by atoms with Crippen molar-refractivity contribution in [1.29, 1.82) is 0 Å². The lowest BCUT2D eigenvalue weighted by atomic mass is 10.1. The van der Waals surface area contributed by atoms with Gasteiger partial charge in [-0.15, -0.1) is 11.3 Å². The molecule has 4 heterocycles. The van der Waals surface area contributed by atoms with Gasteiger partial charge in [-0.2, -0.15) is 0 Å². The largest absolute Gasteiger partial charge is 0.493 e. The molecular weight excluding hydrogens is 679 g/mol. The summed E-state index contributed by atoms with van der Waals surface area (Å²) >= 11 is 1.34. The normalized spacial score (nSPS) is 14.3. The monoisotopic (exact) mass is 711 g/mol. The van der Waals surface area contributed by atoms with E-state index in [1.165, 1.54) is 18.4 Å². The fraction of sp³-hybridized carbons (Fsp3) is 0.150. The molecule has 0 saturated heterocycles. The van der Waals surface area contributed by atoms with Crippen LogP contribution in [0.15, 0.2) is 102 Å². The number of aromatic nitrogens is 1. The number of hydrogen-bond donors (Lipinski definition) is 2. The molecule has 8 rings (SSSR count). The number of aliphatic imine (C=N–C) groups is 1. The van der Waals surface area contributed by atoms with Crippen LogP contribution in [-0.2, 0) is 24.8 Å². The zero-order chi connectivity index (χ0) is 35.9. The van der Waals surface area contributed by atoms with E-state index in [1.54, 1.807) is 40.8 Å². The number of esters is 1. The molecule has 6 aromatic rings. The van der Waals surface area contributed by atoms with Gasteiger partial charge in [0.2, 0.25) is 0 Å². The molecule has 2 amide bonds. The molecule has 0 aliphatic carbocycles. The smallest absolute Gasteiger partial charge is 0.348 e. The van der Waals surface area contributed by atoms with Crippen LogP contribution in [0.1, 0.15) is 41.6 Å². The zero-order valence-electron chi connectivity index (χ0n) is 28.5. The highest BCUT2D eigenvalue weighted by Gasteiger charge is 2.36. The van der Waals surface area contributed by atoms with Gasteiger partial charge in [0.05, 0.1) is 37.2 Å². The molecule has 12 heteroatoms. The summed E-state index contributed by atoms with van der Waals surface area (Å²) in [6, 6.07) is 28.1. The molecule has 11 nitrogen and oxygen atoms in total. The number of carbonyl (C=O) groups is 3. The van der Waals surface area contributed by atoms with Crippen LogP contribution in [0, 0.1) is 0 Å². The zero-order valence-corrected chi connectivity index (χ0v) is 29.3. The quantitative estimate of drug-likeness (QED) is 0.146. The highest BCUT2D eigenvalue weighted by atomic mass is 32.1. The Hall–Kier alpha value is -6.40. The maximum atomic E-state index is 13.7. The van der Waals surface area contributed by atoms with E-state index in [0.29, 0.717) is 39.0 Å². The molecule has 0 radical (unpaired) electrons. The lowest BCUT2D eigenvalue weighted by molar-refractivity contribution is 0.0606. The Kier molecular flexibility index (Phi) is 8.44. The van der Waals surface area contributed by atoms with Gasteiger partial charge in [-0.25, -0.2) is 4.79 Å². The van der Waals surface area contributed by atoms with E-state index in [4.69, 9.17) is 19.2 Å². The highest BCUT2D eigenvalue weighted by Crippen LogP contribution is 2.41. The first-order valence-electron chi connectivity index (χ1n) is 16.5. The van der Waals surface area contributed by atoms with Crippen LogP contribution in [-0.4, -0.2) is 48.8 Å². The molecule has 0 saturated carbocycles. The van der Waals surface area contributed by atoms with Gasteiger partial charge < -0.3 is 29.4 Å². The summed E-state index contributed by atoms with van der Waals surface area (Å²) < 4.78 is 19.4. The number of hydrogen-bond acceptors (Lipinski definition) is 9. The van der Waals surface area contributed by atoms with Crippen molar-refractivity contribution in [3.8, 4) is 11.5 Å². The minimum absolute atomic E-state index is 0.122. The summed E-state index contributed by atoms with van der Waals surface area (Å²) in [6.07, 6.45) is 4.39. The molecule has 0 bridgehead atoms. The molecule has 0 spiro atoms. The van der Waals surface area contributed by atoms with Gasteiger partial charge in [0.25, 0.3) is 11.8 Å². The Morgan fingerprint density at radius 3 is 2.63 bits per heavy atom. The van der Waals surface area contributed by atoms with Crippen molar-refractivity contribution in [2.45, 2.75) is 19.1 Å². The Labute approximate surface area is 303 Å². The number of rotatable bonds is 9. The first-order valence-corrected chi connectivity index (χ1v) is 17.4. The Bertz CT molecular complexity index is 2430. The summed E-state index contributed by atoms with van der Waals surface area (Å²) in [5.41, 5.74) is 6.55. The van der Waals surface area contributed by atoms with Crippen molar-refractivity contribution in [3.63, 3.8) is 0 Å². The van der Waals surface area contributed by atoms with Crippen LogP contribution in [0.3, 0.4) is 0 Å². The van der Waals surface area contributed by atoms with Crippen molar-refractivity contribution >= 4 is 73.9 Å². The number of nitrogens with one attached hydrogen (secondary N) is 2. The summed E-state index contributed by atoms with van der Waals surface area (Å²) in [5, 5.41) is 7.18. The van der Waals surface area contributed by atoms with Gasteiger partial charge in [0, 0.05) is 53.7 Å². The summed E-state index contributed by atoms with van der Waals surface area (Å²) in [4.78, 5) is 46.0. The number of nitrogens with zero attached hydrogens (tertiary/aromatic N) is 3. The van der Waals surface area contributed by atoms with Gasteiger partial charge in [-0.05, 0) is 71.1 Å². The molecule has 0 fully saturated rings. The minimum atomic E-state index is -0.389. The van der Waals surface area contributed by atoms with Crippen LogP contribution in [0.25, 0.3) is 10.1 Å². The van der Waals surface area contributed by atoms with E-state index >= 15 is 0 Å². The number of para-hydroxylation sites is 1. The molecule has 1 unspecified atom stereocenters. The third-order valence-electron chi connectivity index (χ3n) is 9.14. The van der Waals surface area contributed by atoms with Gasteiger partial charge in [-0.1, -0.05) is 30.3 Å². The molecule has 2 aromatic heterocycles. The SMILES string of the molecule is COC(=O)c1cc2cc(NC(=O)c3cc(Nc4cccc(COc5cc6c(cc5OC)C(=O)N5c7ccccc7CC5C=N6)c4)cn3C)ccc2s1. The van der Waals surface area contributed by atoms with E-state index in [9.17, 15) is 14.4 Å². The van der Waals surface area contributed by atoms with Crippen molar-refractivity contribution < 1.29 is 28.6 Å². The highest BCUT2D eigenvalue weighted by molar-refractivity contribution is 7.20. The second kappa shape index (κ2) is 13.4. The third-order valence-corrected chi connectivity index (χ3v) is 10.2. The standard InChI is InChI=1S/C40H33N5O6S/c1-44-21-28(17-33(44)38(46)43-27-11-12-36-25(14-27)16-37(52-36)40(48)50-3)42-26-9-6-7-23(13-26)22-51-35-19-31-30(18-34(35)49-2)39(47)45-29(20-41-31)15-24-8-4-5-10-32(24)45/h4-14,16-21,29,42H,15,22H2,1-3H3,(H,43,46). The van der Waals surface area contributed by atoms with Gasteiger partial charge in [0.1, 0.15) is 17.2 Å². The lowest BCUT2D eigenvalue weighted by Gasteiger charge is -2.22. The predicted molar refractivity (Wildman–Crippen MR) is 202 cm³/mol. The molecule has 2 aliphatic rings. The molecule has 52 heavy (non-hydrogen) atoms. The van der Waals surface area contributed by atoms with E-state index < -0.39 is 0 Å². The Balaban J connectivity index is 0.943. The maximum Gasteiger partial charge on any atom is 0.348 e. The number of aryl methyl sites for hydroxylation is 1. The number of ether oxygens (including phenoxy) is 3. The predicted octanol–water partition coefficient (Wildman–Crippen LogP) is 7.90. The van der Waals surface area contributed by atoms with Crippen LogP contribution in [0.4, 0.5) is 28.4 Å². The first-order chi connectivity index (χ1) is 25.3. The van der Waals surface area contributed by atoms with E-state index in [-0.39, 0.29) is 30.4 Å². The average molecular weight is 712 g/mol. The van der Waals surface area contributed by atoms with E-state index in [1.807, 2.05) is 86.2 Å². The van der Waals surface area contributed by atoms with Crippen molar-refractivity contribution in [1.82, 2.24) is 4.57 Å². The summed E-state index contributed by atoms with van der Waals surface area (Å²) in [7, 11) is 4.71. The lowest BCUT2D eigenvalue weighted by Crippen LogP contribution is -2.37. The molecule has 2 aliphatic heterocycles. The number of benzene rings is 4. The first kappa shape index (κ1) is 32.8. The minimum Gasteiger partial charge on any atom is -0.493 e. The number of thiophene rings is 1. The molecule has 1 atom stereocenters. The molecule has 4 aromatic carbocycles. The second-order valence-corrected chi connectivity index (χ2v) is 13.6. The van der Waals surface area contributed by atoms with Crippen LogP contribution < -0.4 is 25.0 Å². The molecular formula is C40H33N5O6S. The van der Waals surface area contributed by atoms with Crippen molar-refractivity contribution in [2.24, 2.45) is 12.0 Å². The van der Waals surface area contributed by atoms with Gasteiger partial charge >= 0.3 is 5.97 Å². The molecule has 260 valence electrons. The van der Waals surface area contributed by atoms with E-state index in [2.05, 4.69) is 10.6 Å². The van der Waals surface area contributed by atoms with Crippen LogP contribution in [0.5, 0.6) is 11.5 Å². The fourth-order valence-corrected chi connectivity index (χ4v) is 7.59. The topological polar surface area (TPSA) is 123 Å². The molecule has 2 N–H and O–H groups in total. The number of fused-ring (bicyclic) bond motifs is 5. The van der Waals surface area contributed by atoms with Gasteiger partial charge in [0.15, 0.2) is 11.5 Å².